The number of anilines is 1. The Morgan fingerprint density at radius 1 is 1.00 bits per heavy atom. The summed E-state index contributed by atoms with van der Waals surface area (Å²) in [6.45, 7) is 4.29. The van der Waals surface area contributed by atoms with Crippen molar-refractivity contribution in [2.24, 2.45) is 5.73 Å². The second-order valence-electron chi connectivity index (χ2n) is 8.36. The molecule has 2 aliphatic rings. The molecule has 4 rings (SSSR count). The van der Waals surface area contributed by atoms with Crippen molar-refractivity contribution >= 4 is 23.3 Å². The zero-order valence-corrected chi connectivity index (χ0v) is 17.4. The first-order valence-corrected chi connectivity index (χ1v) is 10.5. The highest BCUT2D eigenvalue weighted by atomic mass is 16.2. The summed E-state index contributed by atoms with van der Waals surface area (Å²) in [6.07, 6.45) is 2.19. The van der Waals surface area contributed by atoms with Gasteiger partial charge in [0.2, 0.25) is 11.8 Å². The average molecular weight is 402 g/mol. The molecule has 1 aliphatic carbocycles. The second kappa shape index (κ2) is 7.90. The Hall–Kier alpha value is -3.21. The average Bonchev–Trinajstić information content (AvgIpc) is 2.73. The smallest absolute Gasteiger partial charge is 0.248 e. The van der Waals surface area contributed by atoms with Gasteiger partial charge in [-0.1, -0.05) is 38.1 Å². The van der Waals surface area contributed by atoms with E-state index in [9.17, 15) is 14.4 Å². The van der Waals surface area contributed by atoms with Crippen molar-refractivity contribution in [1.82, 2.24) is 0 Å². The molecule has 2 N–H and O–H groups in total. The van der Waals surface area contributed by atoms with Crippen molar-refractivity contribution in [3.8, 4) is 0 Å². The summed E-state index contributed by atoms with van der Waals surface area (Å²) in [4.78, 5) is 39.2. The number of nitrogens with two attached hydrogens (primary N) is 1. The molecule has 154 valence electrons. The van der Waals surface area contributed by atoms with Gasteiger partial charge in [0.15, 0.2) is 5.78 Å². The minimum Gasteiger partial charge on any atom is -0.366 e. The molecule has 5 heteroatoms. The van der Waals surface area contributed by atoms with Gasteiger partial charge in [-0.25, -0.2) is 0 Å². The Morgan fingerprint density at radius 2 is 1.67 bits per heavy atom. The minimum atomic E-state index is -0.510. The lowest BCUT2D eigenvalue weighted by molar-refractivity contribution is -0.119. The third kappa shape index (κ3) is 3.56. The van der Waals surface area contributed by atoms with Crippen molar-refractivity contribution in [3.63, 3.8) is 0 Å². The molecule has 2 amide bonds. The van der Waals surface area contributed by atoms with Crippen LogP contribution < -0.4 is 10.6 Å². The lowest BCUT2D eigenvalue weighted by atomic mass is 9.77. The predicted octanol–water partition coefficient (Wildman–Crippen LogP) is 4.44. The summed E-state index contributed by atoms with van der Waals surface area (Å²) in [7, 11) is 0. The fourth-order valence-corrected chi connectivity index (χ4v) is 4.47. The van der Waals surface area contributed by atoms with Crippen LogP contribution in [-0.2, 0) is 9.59 Å². The van der Waals surface area contributed by atoms with E-state index < -0.39 is 5.91 Å². The number of nitrogens with zero attached hydrogens (tertiary/aromatic N) is 1. The van der Waals surface area contributed by atoms with Gasteiger partial charge in [-0.3, -0.25) is 19.3 Å². The van der Waals surface area contributed by atoms with Gasteiger partial charge in [0.05, 0.1) is 0 Å². The third-order valence-corrected chi connectivity index (χ3v) is 6.09. The zero-order chi connectivity index (χ0) is 21.4. The number of Topliss-reactive ketones (excluding diaryl/α,β-unsaturated/α-hetero) is 1. The number of primary amides is 1. The first kappa shape index (κ1) is 20.1. The fourth-order valence-electron chi connectivity index (χ4n) is 4.47. The number of benzene rings is 2. The van der Waals surface area contributed by atoms with Crippen LogP contribution in [0.3, 0.4) is 0 Å². The SMILES string of the molecule is CC(C)c1ccc(C2CC(=O)N(c3ccc(C(N)=O)cc3)C3=C2C(=O)CCC3)cc1. The predicted molar refractivity (Wildman–Crippen MR) is 116 cm³/mol. The molecule has 0 spiro atoms. The van der Waals surface area contributed by atoms with Gasteiger partial charge in [0, 0.05) is 41.3 Å². The Morgan fingerprint density at radius 3 is 2.27 bits per heavy atom. The molecule has 0 radical (unpaired) electrons. The third-order valence-electron chi connectivity index (χ3n) is 6.09. The molecule has 5 nitrogen and oxygen atoms in total. The lowest BCUT2D eigenvalue weighted by Gasteiger charge is -2.38. The van der Waals surface area contributed by atoms with E-state index in [1.807, 2.05) is 0 Å². The quantitative estimate of drug-likeness (QED) is 0.821. The Kier molecular flexibility index (Phi) is 5.29. The van der Waals surface area contributed by atoms with Crippen molar-refractivity contribution < 1.29 is 14.4 Å². The van der Waals surface area contributed by atoms with Crippen LogP contribution in [0.5, 0.6) is 0 Å². The highest BCUT2D eigenvalue weighted by Gasteiger charge is 2.39. The highest BCUT2D eigenvalue weighted by molar-refractivity contribution is 6.07. The second-order valence-corrected chi connectivity index (χ2v) is 8.36. The van der Waals surface area contributed by atoms with Gasteiger partial charge in [0.25, 0.3) is 0 Å². The van der Waals surface area contributed by atoms with Gasteiger partial charge < -0.3 is 5.73 Å². The maximum Gasteiger partial charge on any atom is 0.248 e. The molecule has 2 aromatic carbocycles. The number of carbonyl (C=O) groups is 3. The number of hydrogen-bond donors (Lipinski definition) is 1. The molecular weight excluding hydrogens is 376 g/mol. The van der Waals surface area contributed by atoms with E-state index in [0.29, 0.717) is 30.0 Å². The molecule has 0 fully saturated rings. The topological polar surface area (TPSA) is 80.5 Å². The standard InChI is InChI=1S/C25H26N2O3/c1-15(2)16-6-8-17(9-7-16)20-14-23(29)27(21-4-3-5-22(28)24(20)21)19-12-10-18(11-13-19)25(26)30/h6-13,15,20H,3-5,14H2,1-2H3,(H2,26,30). The molecule has 1 unspecified atom stereocenters. The van der Waals surface area contributed by atoms with Crippen molar-refractivity contribution in [2.45, 2.75) is 51.4 Å². The molecule has 0 bridgehead atoms. The number of hydrogen-bond acceptors (Lipinski definition) is 3. The highest BCUT2D eigenvalue weighted by Crippen LogP contribution is 2.43. The maximum absolute atomic E-state index is 13.2. The number of allylic oxidation sites excluding steroid dienone is 2. The molecule has 1 atom stereocenters. The Labute approximate surface area is 176 Å². The summed E-state index contributed by atoms with van der Waals surface area (Å²) < 4.78 is 0. The minimum absolute atomic E-state index is 0.0341. The van der Waals surface area contributed by atoms with Crippen LogP contribution in [0.4, 0.5) is 5.69 Å². The Bertz CT molecular complexity index is 1030. The maximum atomic E-state index is 13.2. The number of rotatable bonds is 4. The van der Waals surface area contributed by atoms with Crippen LogP contribution in [0, 0.1) is 0 Å². The van der Waals surface area contributed by atoms with Gasteiger partial charge in [0.1, 0.15) is 0 Å². The summed E-state index contributed by atoms with van der Waals surface area (Å²) in [5.41, 5.74) is 10.2. The molecule has 30 heavy (non-hydrogen) atoms. The molecule has 0 saturated heterocycles. The van der Waals surface area contributed by atoms with E-state index in [-0.39, 0.29) is 24.0 Å². The number of ketones is 1. The van der Waals surface area contributed by atoms with Crippen molar-refractivity contribution in [2.75, 3.05) is 4.90 Å². The molecule has 0 aromatic heterocycles. The van der Waals surface area contributed by atoms with Gasteiger partial charge in [-0.2, -0.15) is 0 Å². The van der Waals surface area contributed by atoms with Gasteiger partial charge in [-0.05, 0) is 54.2 Å². The van der Waals surface area contributed by atoms with Crippen molar-refractivity contribution in [3.05, 3.63) is 76.5 Å². The first-order chi connectivity index (χ1) is 14.4. The van der Waals surface area contributed by atoms with Crippen LogP contribution in [0.1, 0.15) is 72.9 Å². The normalized spacial score (nSPS) is 19.3. The van der Waals surface area contributed by atoms with Crippen LogP contribution in [0.2, 0.25) is 0 Å². The first-order valence-electron chi connectivity index (χ1n) is 10.5. The fraction of sp³-hybridized carbons (Fsp3) is 0.320. The van der Waals surface area contributed by atoms with Gasteiger partial charge in [-0.15, -0.1) is 0 Å². The largest absolute Gasteiger partial charge is 0.366 e. The summed E-state index contributed by atoms with van der Waals surface area (Å²) in [6, 6.07) is 15.0. The van der Waals surface area contributed by atoms with Crippen molar-refractivity contribution in [1.29, 1.82) is 0 Å². The zero-order valence-electron chi connectivity index (χ0n) is 17.4. The number of carbonyl (C=O) groups excluding carboxylic acids is 3. The van der Waals surface area contributed by atoms with Crippen LogP contribution >= 0.6 is 0 Å². The van der Waals surface area contributed by atoms with Crippen LogP contribution in [0.15, 0.2) is 59.8 Å². The van der Waals surface area contributed by atoms with Gasteiger partial charge >= 0.3 is 0 Å². The van der Waals surface area contributed by atoms with Crippen LogP contribution in [0.25, 0.3) is 0 Å². The Balaban J connectivity index is 1.77. The van der Waals surface area contributed by atoms with Crippen LogP contribution in [-0.4, -0.2) is 17.6 Å². The molecule has 2 aromatic rings. The summed E-state index contributed by atoms with van der Waals surface area (Å²) in [5, 5.41) is 0. The molecule has 0 saturated carbocycles. The molecule has 1 heterocycles. The van der Waals surface area contributed by atoms with E-state index in [1.165, 1.54) is 5.56 Å². The molecular formula is C25H26N2O3. The van der Waals surface area contributed by atoms with E-state index in [0.717, 1.165) is 23.3 Å². The lowest BCUT2D eigenvalue weighted by Crippen LogP contribution is -2.40. The monoisotopic (exact) mass is 402 g/mol. The number of amides is 2. The van der Waals surface area contributed by atoms with E-state index in [1.54, 1.807) is 29.2 Å². The van der Waals surface area contributed by atoms with E-state index in [4.69, 9.17) is 5.73 Å². The summed E-state index contributed by atoms with van der Waals surface area (Å²) in [5.74, 6) is -0.197. The summed E-state index contributed by atoms with van der Waals surface area (Å²) >= 11 is 0. The van der Waals surface area contributed by atoms with E-state index >= 15 is 0 Å². The molecule has 1 aliphatic heterocycles. The van der Waals surface area contributed by atoms with E-state index in [2.05, 4.69) is 38.1 Å².